The summed E-state index contributed by atoms with van der Waals surface area (Å²) in [6, 6.07) is 5.85. The number of pyridine rings is 1. The number of likely N-dealkylation sites (N-methyl/N-ethyl adjacent to an activating group) is 1. The SMILES string of the molecule is CN(C)CCNc1cc2ccn(C)c(=O)c2cc1Br. The minimum atomic E-state index is 0.0260. The summed E-state index contributed by atoms with van der Waals surface area (Å²) < 4.78 is 2.51. The van der Waals surface area contributed by atoms with Crippen molar-refractivity contribution in [1.82, 2.24) is 9.47 Å². The number of rotatable bonds is 4. The molecule has 0 saturated carbocycles. The van der Waals surface area contributed by atoms with Crippen LogP contribution in [-0.2, 0) is 7.05 Å². The van der Waals surface area contributed by atoms with Crippen molar-refractivity contribution in [3.8, 4) is 0 Å². The molecule has 0 spiro atoms. The van der Waals surface area contributed by atoms with Crippen LogP contribution in [0.4, 0.5) is 5.69 Å². The molecule has 0 unspecified atom stereocenters. The van der Waals surface area contributed by atoms with Gasteiger partial charge in [-0.05, 0) is 53.6 Å². The average Bonchev–Trinajstić information content (AvgIpc) is 2.35. The van der Waals surface area contributed by atoms with E-state index < -0.39 is 0 Å². The molecule has 0 amide bonds. The number of aryl methyl sites for hydroxylation is 1. The summed E-state index contributed by atoms with van der Waals surface area (Å²) in [6.45, 7) is 1.82. The van der Waals surface area contributed by atoms with Crippen LogP contribution in [0.2, 0.25) is 0 Å². The normalized spacial score (nSPS) is 11.2. The maximum Gasteiger partial charge on any atom is 0.258 e. The number of nitrogens with one attached hydrogen (secondary N) is 1. The van der Waals surface area contributed by atoms with Crippen molar-refractivity contribution in [2.75, 3.05) is 32.5 Å². The Balaban J connectivity index is 2.34. The lowest BCUT2D eigenvalue weighted by Crippen LogP contribution is -2.21. The van der Waals surface area contributed by atoms with E-state index in [0.29, 0.717) is 0 Å². The Hall–Kier alpha value is -1.33. The number of anilines is 1. The van der Waals surface area contributed by atoms with Crippen molar-refractivity contribution >= 4 is 32.4 Å². The predicted octanol–water partition coefficient (Wildman–Crippen LogP) is 2.27. The van der Waals surface area contributed by atoms with Gasteiger partial charge in [-0.2, -0.15) is 0 Å². The van der Waals surface area contributed by atoms with Gasteiger partial charge in [0.15, 0.2) is 0 Å². The van der Waals surface area contributed by atoms with Crippen molar-refractivity contribution < 1.29 is 0 Å². The molecule has 0 radical (unpaired) electrons. The van der Waals surface area contributed by atoms with Crippen molar-refractivity contribution in [3.63, 3.8) is 0 Å². The van der Waals surface area contributed by atoms with Gasteiger partial charge in [0, 0.05) is 41.9 Å². The summed E-state index contributed by atoms with van der Waals surface area (Å²) in [5.74, 6) is 0. The van der Waals surface area contributed by atoms with Crippen molar-refractivity contribution in [2.45, 2.75) is 0 Å². The monoisotopic (exact) mass is 323 g/mol. The molecule has 0 aliphatic rings. The van der Waals surface area contributed by atoms with Crippen LogP contribution >= 0.6 is 15.9 Å². The lowest BCUT2D eigenvalue weighted by molar-refractivity contribution is 0.425. The third kappa shape index (κ3) is 3.16. The molecule has 0 aliphatic carbocycles. The maximum atomic E-state index is 12.0. The van der Waals surface area contributed by atoms with Gasteiger partial charge in [-0.3, -0.25) is 4.79 Å². The Kier molecular flexibility index (Phi) is 4.27. The summed E-state index contributed by atoms with van der Waals surface area (Å²) in [7, 11) is 5.85. The molecule has 102 valence electrons. The van der Waals surface area contributed by atoms with Gasteiger partial charge in [0.1, 0.15) is 0 Å². The van der Waals surface area contributed by atoms with Crippen LogP contribution in [0.15, 0.2) is 33.7 Å². The van der Waals surface area contributed by atoms with Gasteiger partial charge >= 0.3 is 0 Å². The fourth-order valence-electron chi connectivity index (χ4n) is 1.91. The Morgan fingerprint density at radius 3 is 2.79 bits per heavy atom. The highest BCUT2D eigenvalue weighted by Gasteiger charge is 2.06. The highest BCUT2D eigenvalue weighted by Crippen LogP contribution is 2.26. The second-order valence-electron chi connectivity index (χ2n) is 4.88. The smallest absolute Gasteiger partial charge is 0.258 e. The van der Waals surface area contributed by atoms with E-state index in [4.69, 9.17) is 0 Å². The highest BCUT2D eigenvalue weighted by molar-refractivity contribution is 9.10. The second kappa shape index (κ2) is 5.75. The first kappa shape index (κ1) is 14.1. The third-order valence-corrected chi connectivity index (χ3v) is 3.70. The third-order valence-electron chi connectivity index (χ3n) is 3.04. The number of hydrogen-bond acceptors (Lipinski definition) is 3. The molecule has 0 saturated heterocycles. The minimum Gasteiger partial charge on any atom is -0.383 e. The molecule has 2 aromatic rings. The van der Waals surface area contributed by atoms with E-state index in [0.717, 1.165) is 34.0 Å². The zero-order chi connectivity index (χ0) is 14.0. The van der Waals surface area contributed by atoms with E-state index in [-0.39, 0.29) is 5.56 Å². The molecule has 0 aliphatic heterocycles. The Morgan fingerprint density at radius 1 is 1.37 bits per heavy atom. The number of aromatic nitrogens is 1. The molecule has 1 heterocycles. The van der Waals surface area contributed by atoms with Gasteiger partial charge in [0.25, 0.3) is 5.56 Å². The van der Waals surface area contributed by atoms with E-state index in [1.54, 1.807) is 17.8 Å². The quantitative estimate of drug-likeness (QED) is 0.937. The topological polar surface area (TPSA) is 37.3 Å². The summed E-state index contributed by atoms with van der Waals surface area (Å²) in [5, 5.41) is 5.06. The van der Waals surface area contributed by atoms with Gasteiger partial charge in [-0.25, -0.2) is 0 Å². The second-order valence-corrected chi connectivity index (χ2v) is 5.74. The molecular formula is C14H18BrN3O. The largest absolute Gasteiger partial charge is 0.383 e. The predicted molar refractivity (Wildman–Crippen MR) is 83.9 cm³/mol. The lowest BCUT2D eigenvalue weighted by Gasteiger charge is -2.13. The van der Waals surface area contributed by atoms with E-state index in [2.05, 4.69) is 26.1 Å². The molecule has 0 bridgehead atoms. The van der Waals surface area contributed by atoms with Crippen LogP contribution in [-0.4, -0.2) is 36.7 Å². The van der Waals surface area contributed by atoms with E-state index >= 15 is 0 Å². The number of halogens is 1. The molecule has 1 aromatic carbocycles. The van der Waals surface area contributed by atoms with Crippen LogP contribution < -0.4 is 10.9 Å². The van der Waals surface area contributed by atoms with Crippen molar-refractivity contribution in [1.29, 1.82) is 0 Å². The Bertz CT molecular complexity index is 649. The van der Waals surface area contributed by atoms with Crippen LogP contribution in [0.5, 0.6) is 0 Å². The zero-order valence-corrected chi connectivity index (χ0v) is 13.0. The van der Waals surface area contributed by atoms with Crippen molar-refractivity contribution in [3.05, 3.63) is 39.2 Å². The molecule has 1 aromatic heterocycles. The molecule has 0 atom stereocenters. The van der Waals surface area contributed by atoms with Gasteiger partial charge in [0.2, 0.25) is 0 Å². The first-order valence-corrected chi connectivity index (χ1v) is 6.96. The van der Waals surface area contributed by atoms with E-state index in [1.165, 1.54) is 0 Å². The van der Waals surface area contributed by atoms with Crippen LogP contribution in [0.25, 0.3) is 10.8 Å². The summed E-state index contributed by atoms with van der Waals surface area (Å²) >= 11 is 3.52. The standard InChI is InChI=1S/C14H18BrN3O/c1-17(2)7-5-16-13-8-10-4-6-18(3)14(19)11(10)9-12(13)15/h4,6,8-9,16H,5,7H2,1-3H3. The Morgan fingerprint density at radius 2 is 2.11 bits per heavy atom. The maximum absolute atomic E-state index is 12.0. The minimum absolute atomic E-state index is 0.0260. The van der Waals surface area contributed by atoms with Crippen molar-refractivity contribution in [2.24, 2.45) is 7.05 Å². The lowest BCUT2D eigenvalue weighted by atomic mass is 10.1. The molecular weight excluding hydrogens is 306 g/mol. The fraction of sp³-hybridized carbons (Fsp3) is 0.357. The Labute approximate surface area is 121 Å². The summed E-state index contributed by atoms with van der Waals surface area (Å²) in [6.07, 6.45) is 1.79. The number of hydrogen-bond donors (Lipinski definition) is 1. The first-order valence-electron chi connectivity index (χ1n) is 6.16. The van der Waals surface area contributed by atoms with Gasteiger partial charge in [-0.1, -0.05) is 0 Å². The number of fused-ring (bicyclic) bond motifs is 1. The zero-order valence-electron chi connectivity index (χ0n) is 11.4. The van der Waals surface area contributed by atoms with Gasteiger partial charge in [-0.15, -0.1) is 0 Å². The average molecular weight is 324 g/mol. The van der Waals surface area contributed by atoms with Crippen LogP contribution in [0, 0.1) is 0 Å². The molecule has 2 rings (SSSR count). The van der Waals surface area contributed by atoms with Gasteiger partial charge in [0.05, 0.1) is 0 Å². The number of nitrogens with zero attached hydrogens (tertiary/aromatic N) is 2. The van der Waals surface area contributed by atoms with E-state index in [9.17, 15) is 4.79 Å². The summed E-state index contributed by atoms with van der Waals surface area (Å²) in [4.78, 5) is 14.1. The fourth-order valence-corrected chi connectivity index (χ4v) is 2.40. The molecule has 0 fully saturated rings. The number of benzene rings is 1. The molecule has 1 N–H and O–H groups in total. The van der Waals surface area contributed by atoms with Gasteiger partial charge < -0.3 is 14.8 Å². The summed E-state index contributed by atoms with van der Waals surface area (Å²) in [5.41, 5.74) is 1.04. The highest BCUT2D eigenvalue weighted by atomic mass is 79.9. The molecule has 4 nitrogen and oxygen atoms in total. The first-order chi connectivity index (χ1) is 8.99. The molecule has 5 heteroatoms. The molecule has 19 heavy (non-hydrogen) atoms. The van der Waals surface area contributed by atoms with Crippen LogP contribution in [0.3, 0.4) is 0 Å². The van der Waals surface area contributed by atoms with E-state index in [1.807, 2.05) is 32.3 Å². The van der Waals surface area contributed by atoms with Crippen LogP contribution in [0.1, 0.15) is 0 Å².